The van der Waals surface area contributed by atoms with E-state index in [9.17, 15) is 9.59 Å². The molecule has 1 saturated heterocycles. The predicted octanol–water partition coefficient (Wildman–Crippen LogP) is 4.05. The maximum atomic E-state index is 13.6. The lowest BCUT2D eigenvalue weighted by Crippen LogP contribution is -2.69. The molecule has 2 fully saturated rings. The fourth-order valence-corrected chi connectivity index (χ4v) is 4.79. The van der Waals surface area contributed by atoms with Crippen LogP contribution in [0.3, 0.4) is 0 Å². The summed E-state index contributed by atoms with van der Waals surface area (Å²) in [5.41, 5.74) is 0.922. The molecule has 1 atom stereocenters. The van der Waals surface area contributed by atoms with Crippen molar-refractivity contribution in [1.29, 1.82) is 0 Å². The highest BCUT2D eigenvalue weighted by molar-refractivity contribution is 6.03. The second kappa shape index (κ2) is 8.69. The maximum Gasteiger partial charge on any atom is 0.250 e. The van der Waals surface area contributed by atoms with E-state index < -0.39 is 5.54 Å². The number of ether oxygens (including phenoxy) is 2. The van der Waals surface area contributed by atoms with Crippen molar-refractivity contribution in [1.82, 2.24) is 10.2 Å². The van der Waals surface area contributed by atoms with Crippen LogP contribution in [0.15, 0.2) is 54.6 Å². The number of rotatable bonds is 6. The molecule has 0 aromatic heterocycles. The van der Waals surface area contributed by atoms with Crippen molar-refractivity contribution in [3.8, 4) is 11.5 Å². The monoisotopic (exact) mass is 432 g/mol. The molecule has 0 bridgehead atoms. The highest BCUT2D eigenvalue weighted by atomic mass is 16.7. The first-order chi connectivity index (χ1) is 15.6. The molecule has 0 spiro atoms. The zero-order valence-corrected chi connectivity index (χ0v) is 18.1. The third-order valence-corrected chi connectivity index (χ3v) is 6.67. The van der Waals surface area contributed by atoms with Crippen molar-refractivity contribution >= 4 is 17.9 Å². The largest absolute Gasteiger partial charge is 0.454 e. The zero-order valence-electron chi connectivity index (χ0n) is 18.1. The molecule has 5 rings (SSSR count). The minimum absolute atomic E-state index is 0.0285. The highest BCUT2D eigenvalue weighted by Gasteiger charge is 2.55. The molecular weight excluding hydrogens is 404 g/mol. The third-order valence-electron chi connectivity index (χ3n) is 6.67. The second-order valence-corrected chi connectivity index (χ2v) is 8.82. The average Bonchev–Trinajstić information content (AvgIpc) is 3.29. The number of fused-ring (bicyclic) bond motifs is 1. The van der Waals surface area contributed by atoms with E-state index in [1.54, 1.807) is 4.90 Å². The summed E-state index contributed by atoms with van der Waals surface area (Å²) >= 11 is 0. The Morgan fingerprint density at radius 2 is 1.84 bits per heavy atom. The van der Waals surface area contributed by atoms with Crippen molar-refractivity contribution in [2.45, 2.75) is 56.7 Å². The van der Waals surface area contributed by atoms with Crippen molar-refractivity contribution in [3.05, 3.63) is 65.7 Å². The van der Waals surface area contributed by atoms with Crippen LogP contribution in [0.5, 0.6) is 11.5 Å². The Labute approximate surface area is 188 Å². The summed E-state index contributed by atoms with van der Waals surface area (Å²) < 4.78 is 10.9. The number of hydrogen-bond acceptors (Lipinski definition) is 4. The number of nitrogens with zero attached hydrogens (tertiary/aromatic N) is 1. The maximum absolute atomic E-state index is 13.6. The van der Waals surface area contributed by atoms with Gasteiger partial charge in [0.25, 0.3) is 5.91 Å². The van der Waals surface area contributed by atoms with Gasteiger partial charge in [-0.2, -0.15) is 0 Å². The molecule has 2 heterocycles. The van der Waals surface area contributed by atoms with E-state index in [0.29, 0.717) is 18.0 Å². The molecule has 1 N–H and O–H groups in total. The van der Waals surface area contributed by atoms with Crippen LogP contribution >= 0.6 is 0 Å². The number of hydrogen-bond donors (Lipinski definition) is 1. The first kappa shape index (κ1) is 20.6. The van der Waals surface area contributed by atoms with Gasteiger partial charge in [0.2, 0.25) is 12.7 Å². The van der Waals surface area contributed by atoms with Gasteiger partial charge in [0.1, 0.15) is 5.54 Å². The van der Waals surface area contributed by atoms with Crippen LogP contribution in [0, 0.1) is 0 Å². The number of carbonyl (C=O) groups is 2. The first-order valence-electron chi connectivity index (χ1n) is 11.4. The Morgan fingerprint density at radius 1 is 1.06 bits per heavy atom. The molecule has 1 aliphatic carbocycles. The lowest BCUT2D eigenvalue weighted by atomic mass is 9.80. The van der Waals surface area contributed by atoms with Crippen LogP contribution in [0.1, 0.15) is 49.7 Å². The van der Waals surface area contributed by atoms with Crippen LogP contribution in [-0.2, 0) is 16.1 Å². The van der Waals surface area contributed by atoms with E-state index in [1.165, 1.54) is 6.42 Å². The van der Waals surface area contributed by atoms with Crippen LogP contribution in [0.25, 0.3) is 6.08 Å². The summed E-state index contributed by atoms with van der Waals surface area (Å²) in [6, 6.07) is 15.7. The van der Waals surface area contributed by atoms with E-state index in [1.807, 2.05) is 60.7 Å². The Balaban J connectivity index is 1.42. The summed E-state index contributed by atoms with van der Waals surface area (Å²) in [7, 11) is 0. The summed E-state index contributed by atoms with van der Waals surface area (Å²) in [6.45, 7) is 0.543. The second-order valence-electron chi connectivity index (χ2n) is 8.82. The van der Waals surface area contributed by atoms with Gasteiger partial charge in [0, 0.05) is 12.6 Å². The van der Waals surface area contributed by atoms with Gasteiger partial charge in [-0.25, -0.2) is 0 Å². The van der Waals surface area contributed by atoms with Crippen molar-refractivity contribution in [2.24, 2.45) is 0 Å². The fraction of sp³-hybridized carbons (Fsp3) is 0.385. The fourth-order valence-electron chi connectivity index (χ4n) is 4.79. The minimum Gasteiger partial charge on any atom is -0.454 e. The first-order valence-corrected chi connectivity index (χ1v) is 11.4. The lowest BCUT2D eigenvalue weighted by Gasteiger charge is -2.49. The predicted molar refractivity (Wildman–Crippen MR) is 121 cm³/mol. The third kappa shape index (κ3) is 3.97. The van der Waals surface area contributed by atoms with Crippen LogP contribution < -0.4 is 14.8 Å². The van der Waals surface area contributed by atoms with Gasteiger partial charge >= 0.3 is 0 Å². The van der Waals surface area contributed by atoms with E-state index in [2.05, 4.69) is 5.32 Å². The van der Waals surface area contributed by atoms with Gasteiger partial charge in [0.05, 0.1) is 6.42 Å². The molecule has 2 aromatic rings. The Morgan fingerprint density at radius 3 is 2.62 bits per heavy atom. The molecule has 166 valence electrons. The van der Waals surface area contributed by atoms with Gasteiger partial charge in [-0.1, -0.05) is 61.7 Å². The Kier molecular flexibility index (Phi) is 5.60. The molecule has 0 radical (unpaired) electrons. The molecule has 2 aromatic carbocycles. The van der Waals surface area contributed by atoms with Crippen molar-refractivity contribution < 1.29 is 19.1 Å². The molecule has 2 amide bonds. The number of β-lactam (4-membered cyclic amide) rings is 1. The van der Waals surface area contributed by atoms with Gasteiger partial charge in [-0.15, -0.1) is 0 Å². The molecule has 6 heteroatoms. The minimum atomic E-state index is -0.985. The van der Waals surface area contributed by atoms with Gasteiger partial charge in [-0.05, 0) is 42.2 Å². The lowest BCUT2D eigenvalue weighted by molar-refractivity contribution is -0.162. The van der Waals surface area contributed by atoms with E-state index in [-0.39, 0.29) is 31.1 Å². The normalized spacial score (nSPS) is 22.8. The highest BCUT2D eigenvalue weighted by Crippen LogP contribution is 2.39. The molecule has 32 heavy (non-hydrogen) atoms. The molecular formula is C26H28N2O4. The summed E-state index contributed by atoms with van der Waals surface area (Å²) in [5, 5.41) is 3.25. The SMILES string of the molecule is O=C1CC(/C=C/c2ccccc2)(C(=O)NC2CCCCC2)N1Cc1ccc2c(c1)OCO2. The standard InChI is InChI=1S/C26H28N2O4/c29-24-16-26(14-13-19-7-3-1-4-8-19,25(30)27-21-9-5-2-6-10-21)28(24)17-20-11-12-22-23(15-20)32-18-31-22/h1,3-4,7-8,11-15,21H,2,5-6,9-10,16-18H2,(H,27,30)/b14-13+. The van der Waals surface area contributed by atoms with Gasteiger partial charge < -0.3 is 19.7 Å². The smallest absolute Gasteiger partial charge is 0.250 e. The van der Waals surface area contributed by atoms with Crippen molar-refractivity contribution in [2.75, 3.05) is 6.79 Å². The number of nitrogens with one attached hydrogen (secondary N) is 1. The van der Waals surface area contributed by atoms with Crippen LogP contribution in [0.2, 0.25) is 0 Å². The van der Waals surface area contributed by atoms with E-state index in [0.717, 1.165) is 36.8 Å². The number of amides is 2. The molecule has 1 saturated carbocycles. The zero-order chi connectivity index (χ0) is 22.0. The van der Waals surface area contributed by atoms with Crippen molar-refractivity contribution in [3.63, 3.8) is 0 Å². The summed E-state index contributed by atoms with van der Waals surface area (Å²) in [5.74, 6) is 1.26. The van der Waals surface area contributed by atoms with E-state index in [4.69, 9.17) is 9.47 Å². The van der Waals surface area contributed by atoms with E-state index >= 15 is 0 Å². The quantitative estimate of drug-likeness (QED) is 0.700. The summed E-state index contributed by atoms with van der Waals surface area (Å²) in [6.07, 6.45) is 9.52. The Hall–Kier alpha value is -3.28. The van der Waals surface area contributed by atoms with Gasteiger partial charge in [0.15, 0.2) is 11.5 Å². The topological polar surface area (TPSA) is 67.9 Å². The van der Waals surface area contributed by atoms with Gasteiger partial charge in [-0.3, -0.25) is 9.59 Å². The number of benzene rings is 2. The average molecular weight is 433 g/mol. The molecule has 2 aliphatic heterocycles. The molecule has 1 unspecified atom stereocenters. The van der Waals surface area contributed by atoms with Crippen LogP contribution in [0.4, 0.5) is 0 Å². The van der Waals surface area contributed by atoms with Crippen LogP contribution in [-0.4, -0.2) is 35.1 Å². The Bertz CT molecular complexity index is 1030. The molecule has 3 aliphatic rings. The number of carbonyl (C=O) groups excluding carboxylic acids is 2. The molecule has 6 nitrogen and oxygen atoms in total. The number of likely N-dealkylation sites (tertiary alicyclic amines) is 1. The summed E-state index contributed by atoms with van der Waals surface area (Å²) in [4.78, 5) is 28.0.